The van der Waals surface area contributed by atoms with Crippen LogP contribution in [0.5, 0.6) is 0 Å². The predicted molar refractivity (Wildman–Crippen MR) is 92.3 cm³/mol. The van der Waals surface area contributed by atoms with Crippen LogP contribution >= 0.6 is 11.6 Å². The number of carbonyl (C=O) groups excluding carboxylic acids is 1. The van der Waals surface area contributed by atoms with Crippen LogP contribution in [0.2, 0.25) is 5.02 Å². The van der Waals surface area contributed by atoms with Crippen molar-refractivity contribution >= 4 is 29.0 Å². The molecule has 2 aromatic rings. The van der Waals surface area contributed by atoms with Gasteiger partial charge >= 0.3 is 0 Å². The minimum atomic E-state index is -0.479. The Labute approximate surface area is 140 Å². The first-order chi connectivity index (χ1) is 11.0. The Morgan fingerprint density at radius 3 is 2.74 bits per heavy atom. The molecule has 1 fully saturated rings. The van der Waals surface area contributed by atoms with E-state index in [0.29, 0.717) is 22.4 Å². The van der Waals surface area contributed by atoms with Crippen molar-refractivity contribution in [3.63, 3.8) is 0 Å². The fraction of sp³-hybridized carbons (Fsp3) is 0.412. The maximum atomic E-state index is 11.7. The van der Waals surface area contributed by atoms with Crippen LogP contribution in [0, 0.1) is 6.92 Å². The third-order valence-electron chi connectivity index (χ3n) is 4.38. The molecule has 1 heterocycles. The molecule has 0 saturated heterocycles. The van der Waals surface area contributed by atoms with Gasteiger partial charge in [-0.25, -0.2) is 0 Å². The first kappa shape index (κ1) is 15.9. The van der Waals surface area contributed by atoms with E-state index in [1.807, 2.05) is 29.8 Å². The van der Waals surface area contributed by atoms with Gasteiger partial charge < -0.3 is 11.1 Å². The molecule has 23 heavy (non-hydrogen) atoms. The largest absolute Gasteiger partial charge is 0.365 e. The molecular weight excluding hydrogens is 312 g/mol. The van der Waals surface area contributed by atoms with Crippen LogP contribution in [0.25, 0.3) is 0 Å². The van der Waals surface area contributed by atoms with E-state index < -0.39 is 5.91 Å². The molecule has 0 atom stereocenters. The predicted octanol–water partition coefficient (Wildman–Crippen LogP) is 4.19. The third-order valence-corrected chi connectivity index (χ3v) is 4.79. The van der Waals surface area contributed by atoms with Crippen molar-refractivity contribution in [1.29, 1.82) is 0 Å². The van der Waals surface area contributed by atoms with Crippen molar-refractivity contribution in [2.45, 2.75) is 45.1 Å². The van der Waals surface area contributed by atoms with E-state index in [9.17, 15) is 4.79 Å². The molecular formula is C17H21ClN4O. The van der Waals surface area contributed by atoms with Crippen molar-refractivity contribution in [2.24, 2.45) is 5.73 Å². The molecule has 0 aliphatic heterocycles. The van der Waals surface area contributed by atoms with Crippen LogP contribution in [0.3, 0.4) is 0 Å². The number of carbonyl (C=O) groups is 1. The summed E-state index contributed by atoms with van der Waals surface area (Å²) in [7, 11) is 0. The average Bonchev–Trinajstić information content (AvgIpc) is 2.96. The highest BCUT2D eigenvalue weighted by Crippen LogP contribution is 2.30. The molecule has 0 radical (unpaired) electrons. The fourth-order valence-corrected chi connectivity index (χ4v) is 3.18. The van der Waals surface area contributed by atoms with E-state index in [1.54, 1.807) is 6.20 Å². The fourth-order valence-electron chi connectivity index (χ4n) is 3.00. The molecule has 3 N–H and O–H groups in total. The second kappa shape index (κ2) is 6.62. The SMILES string of the molecule is Cc1ccc(Nc2nn(C3CCCCC3)cc2C(N)=O)cc1Cl. The molecule has 1 saturated carbocycles. The minimum Gasteiger partial charge on any atom is -0.365 e. The van der Waals surface area contributed by atoms with Gasteiger partial charge in [-0.05, 0) is 37.5 Å². The Bertz CT molecular complexity index is 719. The van der Waals surface area contributed by atoms with E-state index in [1.165, 1.54) is 19.3 Å². The lowest BCUT2D eigenvalue weighted by molar-refractivity contribution is 0.100. The van der Waals surface area contributed by atoms with Crippen molar-refractivity contribution in [3.05, 3.63) is 40.5 Å². The summed E-state index contributed by atoms with van der Waals surface area (Å²) in [6.45, 7) is 1.94. The number of halogens is 1. The number of hydrogen-bond donors (Lipinski definition) is 2. The van der Waals surface area contributed by atoms with Crippen molar-refractivity contribution in [1.82, 2.24) is 9.78 Å². The normalized spacial score (nSPS) is 15.6. The van der Waals surface area contributed by atoms with Crippen LogP contribution in [-0.4, -0.2) is 15.7 Å². The molecule has 0 spiro atoms. The van der Waals surface area contributed by atoms with Crippen LogP contribution < -0.4 is 11.1 Å². The molecule has 3 rings (SSSR count). The molecule has 6 heteroatoms. The summed E-state index contributed by atoms with van der Waals surface area (Å²) in [4.78, 5) is 11.7. The van der Waals surface area contributed by atoms with Crippen LogP contribution in [0.4, 0.5) is 11.5 Å². The standard InChI is InChI=1S/C17H21ClN4O/c1-11-7-8-12(9-15(11)18)20-17-14(16(19)23)10-22(21-17)13-5-3-2-4-6-13/h7-10,13H,2-6H2,1H3,(H2,19,23)(H,20,21). The summed E-state index contributed by atoms with van der Waals surface area (Å²) in [5.41, 5.74) is 7.71. The van der Waals surface area contributed by atoms with Gasteiger partial charge in [0.2, 0.25) is 0 Å². The molecule has 122 valence electrons. The quantitative estimate of drug-likeness (QED) is 0.881. The molecule has 1 aromatic heterocycles. The van der Waals surface area contributed by atoms with Gasteiger partial charge in [-0.2, -0.15) is 5.10 Å². The summed E-state index contributed by atoms with van der Waals surface area (Å²) in [6.07, 6.45) is 7.62. The lowest BCUT2D eigenvalue weighted by Gasteiger charge is -2.21. The number of aromatic nitrogens is 2. The molecule has 5 nitrogen and oxygen atoms in total. The number of nitrogens with zero attached hydrogens (tertiary/aromatic N) is 2. The van der Waals surface area contributed by atoms with Crippen LogP contribution in [0.15, 0.2) is 24.4 Å². The van der Waals surface area contributed by atoms with Gasteiger partial charge in [-0.1, -0.05) is 36.9 Å². The Morgan fingerprint density at radius 1 is 1.35 bits per heavy atom. The number of anilines is 2. The number of rotatable bonds is 4. The third kappa shape index (κ3) is 3.50. The highest BCUT2D eigenvalue weighted by atomic mass is 35.5. The van der Waals surface area contributed by atoms with Gasteiger partial charge in [-0.3, -0.25) is 9.48 Å². The van der Waals surface area contributed by atoms with Crippen LogP contribution in [0.1, 0.15) is 54.1 Å². The van der Waals surface area contributed by atoms with E-state index in [2.05, 4.69) is 10.4 Å². The summed E-state index contributed by atoms with van der Waals surface area (Å²) in [6, 6.07) is 6.00. The van der Waals surface area contributed by atoms with Crippen molar-refractivity contribution in [2.75, 3.05) is 5.32 Å². The van der Waals surface area contributed by atoms with Crippen molar-refractivity contribution < 1.29 is 4.79 Å². The monoisotopic (exact) mass is 332 g/mol. The number of nitrogens with two attached hydrogens (primary N) is 1. The van der Waals surface area contributed by atoms with E-state index >= 15 is 0 Å². The van der Waals surface area contributed by atoms with E-state index in [-0.39, 0.29) is 0 Å². The summed E-state index contributed by atoms with van der Waals surface area (Å²) in [5, 5.41) is 8.40. The first-order valence-corrected chi connectivity index (χ1v) is 8.34. The van der Waals surface area contributed by atoms with Gasteiger partial charge in [0.1, 0.15) is 5.56 Å². The highest BCUT2D eigenvalue weighted by Gasteiger charge is 2.21. The summed E-state index contributed by atoms with van der Waals surface area (Å²) in [5.74, 6) is 0.00996. The Balaban J connectivity index is 1.88. The number of primary amides is 1. The lowest BCUT2D eigenvalue weighted by Crippen LogP contribution is -2.14. The molecule has 1 aromatic carbocycles. The molecule has 0 unspecified atom stereocenters. The van der Waals surface area contributed by atoms with E-state index in [4.69, 9.17) is 17.3 Å². The lowest BCUT2D eigenvalue weighted by atomic mass is 9.96. The first-order valence-electron chi connectivity index (χ1n) is 7.96. The molecule has 1 amide bonds. The van der Waals surface area contributed by atoms with E-state index in [0.717, 1.165) is 24.1 Å². The second-order valence-electron chi connectivity index (χ2n) is 6.12. The summed E-state index contributed by atoms with van der Waals surface area (Å²) < 4.78 is 1.89. The van der Waals surface area contributed by atoms with Gasteiger partial charge in [0.25, 0.3) is 5.91 Å². The Kier molecular flexibility index (Phi) is 4.57. The van der Waals surface area contributed by atoms with Gasteiger partial charge in [-0.15, -0.1) is 0 Å². The smallest absolute Gasteiger partial charge is 0.254 e. The Hall–Kier alpha value is -2.01. The second-order valence-corrected chi connectivity index (χ2v) is 6.52. The number of amides is 1. The zero-order chi connectivity index (χ0) is 16.4. The van der Waals surface area contributed by atoms with Crippen molar-refractivity contribution in [3.8, 4) is 0 Å². The average molecular weight is 333 g/mol. The minimum absolute atomic E-state index is 0.346. The zero-order valence-electron chi connectivity index (χ0n) is 13.2. The maximum Gasteiger partial charge on any atom is 0.254 e. The maximum absolute atomic E-state index is 11.7. The molecule has 1 aliphatic carbocycles. The number of aryl methyl sites for hydroxylation is 1. The number of hydrogen-bond acceptors (Lipinski definition) is 3. The van der Waals surface area contributed by atoms with Gasteiger partial charge in [0.15, 0.2) is 5.82 Å². The topological polar surface area (TPSA) is 72.9 Å². The Morgan fingerprint density at radius 2 is 2.09 bits per heavy atom. The number of nitrogens with one attached hydrogen (secondary N) is 1. The molecule has 1 aliphatic rings. The molecule has 0 bridgehead atoms. The van der Waals surface area contributed by atoms with Gasteiger partial charge in [0, 0.05) is 16.9 Å². The van der Waals surface area contributed by atoms with Crippen LogP contribution in [-0.2, 0) is 0 Å². The zero-order valence-corrected chi connectivity index (χ0v) is 13.9. The highest BCUT2D eigenvalue weighted by molar-refractivity contribution is 6.31. The summed E-state index contributed by atoms with van der Waals surface area (Å²) >= 11 is 6.15. The number of benzene rings is 1. The van der Waals surface area contributed by atoms with Gasteiger partial charge in [0.05, 0.1) is 6.04 Å².